The summed E-state index contributed by atoms with van der Waals surface area (Å²) in [5.41, 5.74) is 1.86. The summed E-state index contributed by atoms with van der Waals surface area (Å²) in [4.78, 5) is 18.0. The van der Waals surface area contributed by atoms with E-state index < -0.39 is 0 Å². The molecule has 1 aromatic carbocycles. The van der Waals surface area contributed by atoms with E-state index in [0.29, 0.717) is 17.8 Å². The van der Waals surface area contributed by atoms with Crippen LogP contribution in [0.25, 0.3) is 10.4 Å². The van der Waals surface area contributed by atoms with Crippen LogP contribution in [-0.2, 0) is 6.42 Å². The standard InChI is InChI=1S/C18H15FN2OS/c19-14-6-4-13(5-7-14)16-8-9-17(23-16)18(22)21-12-10-15-3-1-2-11-20-15/h1-9,11H,10,12H2,(H,21,22). The lowest BCUT2D eigenvalue weighted by atomic mass is 10.2. The summed E-state index contributed by atoms with van der Waals surface area (Å²) in [5, 5.41) is 2.89. The third kappa shape index (κ3) is 4.02. The molecule has 0 bridgehead atoms. The lowest BCUT2D eigenvalue weighted by Gasteiger charge is -2.03. The van der Waals surface area contributed by atoms with E-state index in [1.807, 2.05) is 24.3 Å². The van der Waals surface area contributed by atoms with Gasteiger partial charge in [-0.25, -0.2) is 4.39 Å². The van der Waals surface area contributed by atoms with Crippen molar-refractivity contribution in [3.8, 4) is 10.4 Å². The predicted octanol–water partition coefficient (Wildman–Crippen LogP) is 3.92. The number of nitrogens with one attached hydrogen (secondary N) is 1. The maximum atomic E-state index is 12.9. The number of nitrogens with zero attached hydrogens (tertiary/aromatic N) is 1. The van der Waals surface area contributed by atoms with Crippen LogP contribution in [0.3, 0.4) is 0 Å². The Bertz CT molecular complexity index is 784. The zero-order valence-electron chi connectivity index (χ0n) is 12.3. The summed E-state index contributed by atoms with van der Waals surface area (Å²) >= 11 is 1.40. The van der Waals surface area contributed by atoms with Crippen molar-refractivity contribution >= 4 is 17.2 Å². The van der Waals surface area contributed by atoms with E-state index >= 15 is 0 Å². The number of aromatic nitrogens is 1. The van der Waals surface area contributed by atoms with Crippen molar-refractivity contribution < 1.29 is 9.18 Å². The van der Waals surface area contributed by atoms with E-state index in [4.69, 9.17) is 0 Å². The van der Waals surface area contributed by atoms with Gasteiger partial charge in [0.25, 0.3) is 5.91 Å². The van der Waals surface area contributed by atoms with Crippen LogP contribution in [0.1, 0.15) is 15.4 Å². The maximum absolute atomic E-state index is 12.9. The number of benzene rings is 1. The van der Waals surface area contributed by atoms with E-state index in [1.54, 1.807) is 24.4 Å². The minimum Gasteiger partial charge on any atom is -0.351 e. The molecule has 0 saturated heterocycles. The van der Waals surface area contributed by atoms with E-state index in [1.165, 1.54) is 23.5 Å². The van der Waals surface area contributed by atoms with Gasteiger partial charge in [-0.15, -0.1) is 11.3 Å². The Morgan fingerprint density at radius 2 is 1.91 bits per heavy atom. The third-order valence-electron chi connectivity index (χ3n) is 3.35. The van der Waals surface area contributed by atoms with E-state index in [9.17, 15) is 9.18 Å². The van der Waals surface area contributed by atoms with Crippen molar-refractivity contribution in [1.29, 1.82) is 0 Å². The van der Waals surface area contributed by atoms with Crippen LogP contribution in [-0.4, -0.2) is 17.4 Å². The van der Waals surface area contributed by atoms with Crippen molar-refractivity contribution in [3.63, 3.8) is 0 Å². The van der Waals surface area contributed by atoms with Gasteiger partial charge in [0.15, 0.2) is 0 Å². The van der Waals surface area contributed by atoms with Crippen molar-refractivity contribution in [1.82, 2.24) is 10.3 Å². The van der Waals surface area contributed by atoms with Gasteiger partial charge < -0.3 is 5.32 Å². The van der Waals surface area contributed by atoms with E-state index in [-0.39, 0.29) is 11.7 Å². The van der Waals surface area contributed by atoms with Gasteiger partial charge in [0.1, 0.15) is 5.82 Å². The fraction of sp³-hybridized carbons (Fsp3) is 0.111. The number of carbonyl (C=O) groups excluding carboxylic acids is 1. The number of halogens is 1. The van der Waals surface area contributed by atoms with Crippen LogP contribution in [0.5, 0.6) is 0 Å². The van der Waals surface area contributed by atoms with Gasteiger partial charge in [0.05, 0.1) is 4.88 Å². The van der Waals surface area contributed by atoms with Gasteiger partial charge in [0.2, 0.25) is 0 Å². The molecule has 23 heavy (non-hydrogen) atoms. The highest BCUT2D eigenvalue weighted by atomic mass is 32.1. The second-order valence-electron chi connectivity index (χ2n) is 5.00. The van der Waals surface area contributed by atoms with Crippen LogP contribution >= 0.6 is 11.3 Å². The molecular weight excluding hydrogens is 311 g/mol. The second kappa shape index (κ2) is 7.15. The third-order valence-corrected chi connectivity index (χ3v) is 4.48. The molecule has 0 aliphatic heterocycles. The first kappa shape index (κ1) is 15.4. The Morgan fingerprint density at radius 1 is 1.09 bits per heavy atom. The fourth-order valence-corrected chi connectivity index (χ4v) is 3.09. The van der Waals surface area contributed by atoms with Crippen LogP contribution in [0.2, 0.25) is 0 Å². The summed E-state index contributed by atoms with van der Waals surface area (Å²) in [6.07, 6.45) is 2.44. The van der Waals surface area contributed by atoms with Crippen LogP contribution < -0.4 is 5.32 Å². The molecule has 0 aliphatic rings. The Hall–Kier alpha value is -2.53. The molecular formula is C18H15FN2OS. The predicted molar refractivity (Wildman–Crippen MR) is 90.0 cm³/mol. The highest BCUT2D eigenvalue weighted by Crippen LogP contribution is 2.28. The van der Waals surface area contributed by atoms with Crippen LogP contribution in [0.4, 0.5) is 4.39 Å². The number of hydrogen-bond donors (Lipinski definition) is 1. The molecule has 0 atom stereocenters. The molecule has 1 amide bonds. The fourth-order valence-electron chi connectivity index (χ4n) is 2.17. The Morgan fingerprint density at radius 3 is 2.65 bits per heavy atom. The summed E-state index contributed by atoms with van der Waals surface area (Å²) in [6.45, 7) is 0.541. The van der Waals surface area contributed by atoms with Gasteiger partial charge in [-0.1, -0.05) is 18.2 Å². The second-order valence-corrected chi connectivity index (χ2v) is 6.08. The summed E-state index contributed by atoms with van der Waals surface area (Å²) < 4.78 is 12.9. The van der Waals surface area contributed by atoms with Crippen molar-refractivity contribution in [2.24, 2.45) is 0 Å². The molecule has 0 aliphatic carbocycles. The molecule has 1 N–H and O–H groups in total. The zero-order valence-corrected chi connectivity index (χ0v) is 13.1. The van der Waals surface area contributed by atoms with Gasteiger partial charge in [-0.05, 0) is 42.0 Å². The molecule has 2 heterocycles. The number of carbonyl (C=O) groups is 1. The van der Waals surface area contributed by atoms with Gasteiger partial charge in [-0.3, -0.25) is 9.78 Å². The average Bonchev–Trinajstić information content (AvgIpc) is 3.06. The van der Waals surface area contributed by atoms with Gasteiger partial charge >= 0.3 is 0 Å². The van der Waals surface area contributed by atoms with Gasteiger partial charge in [-0.2, -0.15) is 0 Å². The molecule has 5 heteroatoms. The Kier molecular flexibility index (Phi) is 4.78. The lowest BCUT2D eigenvalue weighted by molar-refractivity contribution is 0.0958. The first-order valence-electron chi connectivity index (χ1n) is 7.26. The number of amides is 1. The first-order valence-corrected chi connectivity index (χ1v) is 8.08. The Balaban J connectivity index is 1.59. The molecule has 3 aromatic rings. The number of rotatable bonds is 5. The topological polar surface area (TPSA) is 42.0 Å². The van der Waals surface area contributed by atoms with Crippen LogP contribution in [0, 0.1) is 5.82 Å². The molecule has 0 saturated carbocycles. The highest BCUT2D eigenvalue weighted by Gasteiger charge is 2.10. The normalized spacial score (nSPS) is 10.5. The highest BCUT2D eigenvalue weighted by molar-refractivity contribution is 7.17. The summed E-state index contributed by atoms with van der Waals surface area (Å²) in [6, 6.07) is 15.7. The first-order chi connectivity index (χ1) is 11.2. The number of pyridine rings is 1. The monoisotopic (exact) mass is 326 g/mol. The molecule has 3 rings (SSSR count). The maximum Gasteiger partial charge on any atom is 0.261 e. The zero-order chi connectivity index (χ0) is 16.1. The van der Waals surface area contributed by atoms with Crippen molar-refractivity contribution in [2.45, 2.75) is 6.42 Å². The van der Waals surface area contributed by atoms with E-state index in [0.717, 1.165) is 16.1 Å². The van der Waals surface area contributed by atoms with Crippen LogP contribution in [0.15, 0.2) is 60.8 Å². The van der Waals surface area contributed by atoms with Gasteiger partial charge in [0, 0.05) is 29.7 Å². The smallest absolute Gasteiger partial charge is 0.261 e. The molecule has 3 nitrogen and oxygen atoms in total. The Labute approximate surface area is 137 Å². The number of thiophene rings is 1. The molecule has 0 fully saturated rings. The molecule has 2 aromatic heterocycles. The molecule has 0 spiro atoms. The molecule has 116 valence electrons. The average molecular weight is 326 g/mol. The largest absolute Gasteiger partial charge is 0.351 e. The molecule has 0 unspecified atom stereocenters. The minimum absolute atomic E-state index is 0.0979. The van der Waals surface area contributed by atoms with Crippen molar-refractivity contribution in [2.75, 3.05) is 6.54 Å². The minimum atomic E-state index is -0.266. The quantitative estimate of drug-likeness (QED) is 0.772. The summed E-state index contributed by atoms with van der Waals surface area (Å²) in [7, 11) is 0. The van der Waals surface area contributed by atoms with E-state index in [2.05, 4.69) is 10.3 Å². The summed E-state index contributed by atoms with van der Waals surface area (Å²) in [5.74, 6) is -0.364. The number of hydrogen-bond acceptors (Lipinski definition) is 3. The van der Waals surface area contributed by atoms with Crippen molar-refractivity contribution in [3.05, 3.63) is 77.2 Å². The molecule has 0 radical (unpaired) electrons. The SMILES string of the molecule is O=C(NCCc1ccccn1)c1ccc(-c2ccc(F)cc2)s1. The lowest BCUT2D eigenvalue weighted by Crippen LogP contribution is -2.25.